The van der Waals surface area contributed by atoms with E-state index >= 15 is 0 Å². The largest absolute Gasteiger partial charge is 0.507 e. The number of primary amides is 1. The molecule has 570 valence electrons. The van der Waals surface area contributed by atoms with Crippen LogP contribution in [-0.2, 0) is 67.2 Å². The molecule has 10 atom stereocenters. The highest BCUT2D eigenvalue weighted by molar-refractivity contribution is 8.00. The maximum atomic E-state index is 14.4. The number of rotatable bonds is 33. The maximum Gasteiger partial charge on any atom is 0.409 e. The van der Waals surface area contributed by atoms with Gasteiger partial charge in [0.15, 0.2) is 30.9 Å². The standard InChI is InChI=1S/C72H99N9O22S/c1-11-43(12-2)104-50-33-53(84)81(67(50)92)27-15-13-14-21-52(83)77-59(38(3)4)66(91)76-46(19-17-26-74-69(73)93)65(90)75-42-24-22-41(23-25-42)36-100-70(94)78(7)28-29-79(8)71(95)101-37-51(82)72(96)34-45-56(64(89)58-57(62(45)87)61(86)44-18-16-20-48(97-9)55(44)63(58)88)49(35-72)103-54-32-47(60(85)40(6)102-54)80-30-31-99-68(98-10)39(80)5/h16,18,20,22-25,33,38-40,43,46-47,49,54,59-60,68,84-85,87,89,92,96H,11-15,17,19,21,26-32,34-37H2,1-10H3,(H,75,90)(H,76,91)(H,77,83)(H3,73,74,93). The number of ketones is 3. The van der Waals surface area contributed by atoms with Crippen LogP contribution >= 0.6 is 11.8 Å². The Morgan fingerprint density at radius 1 is 0.846 bits per heavy atom. The van der Waals surface area contributed by atoms with Gasteiger partial charge in [0.05, 0.1) is 59.7 Å². The fraction of sp³-hybridized carbons (Fsp3) is 0.569. The summed E-state index contributed by atoms with van der Waals surface area (Å²) in [7, 11) is 5.55. The Balaban J connectivity index is 0.836. The molecule has 0 saturated carbocycles. The molecule has 3 heterocycles. The Hall–Kier alpha value is -8.76. The van der Waals surface area contributed by atoms with E-state index in [-0.39, 0.29) is 116 Å². The molecule has 2 fully saturated rings. The van der Waals surface area contributed by atoms with Gasteiger partial charge < -0.3 is 101 Å². The number of anilines is 1. The normalized spacial score (nSPS) is 21.4. The van der Waals surface area contributed by atoms with Crippen LogP contribution in [-0.4, -0.2) is 231 Å². The number of aromatic nitrogens is 1. The molecule has 3 aromatic carbocycles. The molecule has 10 unspecified atom stereocenters. The number of nitrogens with two attached hydrogens (primary N) is 1. The molecule has 4 aromatic rings. The van der Waals surface area contributed by atoms with Crippen molar-refractivity contribution in [3.63, 3.8) is 0 Å². The van der Waals surface area contributed by atoms with Crippen molar-refractivity contribution in [1.29, 1.82) is 0 Å². The summed E-state index contributed by atoms with van der Waals surface area (Å²) in [6.45, 7) is 10.8. The number of phenols is 2. The van der Waals surface area contributed by atoms with E-state index < -0.39 is 144 Å². The van der Waals surface area contributed by atoms with Crippen molar-refractivity contribution in [2.45, 2.75) is 196 Å². The van der Waals surface area contributed by atoms with Gasteiger partial charge >= 0.3 is 18.2 Å². The summed E-state index contributed by atoms with van der Waals surface area (Å²) in [5.41, 5.74) is 1.61. The highest BCUT2D eigenvalue weighted by Crippen LogP contribution is 2.53. The molecule has 4 aliphatic rings. The summed E-state index contributed by atoms with van der Waals surface area (Å²) in [5.74, 6) is -6.32. The molecule has 31 nitrogen and oxygen atoms in total. The fourth-order valence-electron chi connectivity index (χ4n) is 13.4. The predicted molar refractivity (Wildman–Crippen MR) is 377 cm³/mol. The molecule has 104 heavy (non-hydrogen) atoms. The van der Waals surface area contributed by atoms with Crippen LogP contribution in [0.2, 0.25) is 0 Å². The summed E-state index contributed by atoms with van der Waals surface area (Å²) in [6, 6.07) is 8.27. The molecule has 0 bridgehead atoms. The average Bonchev–Trinajstić information content (AvgIpc) is 0.713. The lowest BCUT2D eigenvalue weighted by Gasteiger charge is -2.49. The van der Waals surface area contributed by atoms with Crippen molar-refractivity contribution in [3.8, 4) is 29.0 Å². The smallest absolute Gasteiger partial charge is 0.409 e. The lowest BCUT2D eigenvalue weighted by molar-refractivity contribution is -0.273. The van der Waals surface area contributed by atoms with Gasteiger partial charge in [-0.2, -0.15) is 0 Å². The van der Waals surface area contributed by atoms with E-state index in [0.717, 1.165) is 17.7 Å². The van der Waals surface area contributed by atoms with Crippen molar-refractivity contribution < 1.29 is 107 Å². The zero-order valence-corrected chi connectivity index (χ0v) is 61.2. The number of hydrogen-bond donors (Lipinski definition) is 11. The summed E-state index contributed by atoms with van der Waals surface area (Å²) >= 11 is 1.52. The lowest BCUT2D eigenvalue weighted by Crippen LogP contribution is -2.62. The van der Waals surface area contributed by atoms with Crippen LogP contribution in [0.5, 0.6) is 29.0 Å². The molecular weight excluding hydrogens is 1370 g/mol. The van der Waals surface area contributed by atoms with Crippen LogP contribution in [0.1, 0.15) is 160 Å². The van der Waals surface area contributed by atoms with Gasteiger partial charge in [-0.05, 0) is 82.1 Å². The number of methoxy groups -OCH3 is 2. The molecule has 2 saturated heterocycles. The lowest BCUT2D eigenvalue weighted by atomic mass is 9.72. The molecule has 32 heteroatoms. The summed E-state index contributed by atoms with van der Waals surface area (Å²) < 4.78 is 41.8. The Kier molecular flexibility index (Phi) is 28.2. The quantitative estimate of drug-likeness (QED) is 0.0133. The van der Waals surface area contributed by atoms with Gasteiger partial charge in [0, 0.05) is 119 Å². The van der Waals surface area contributed by atoms with Crippen molar-refractivity contribution in [2.75, 3.05) is 73.0 Å². The highest BCUT2D eigenvalue weighted by atomic mass is 32.2. The maximum absolute atomic E-state index is 14.4. The van der Waals surface area contributed by atoms with Gasteiger partial charge in [0.1, 0.15) is 41.5 Å². The van der Waals surface area contributed by atoms with Gasteiger partial charge in [-0.25, -0.2) is 14.4 Å². The van der Waals surface area contributed by atoms with Gasteiger partial charge in [-0.3, -0.25) is 38.2 Å². The first-order valence-corrected chi connectivity index (χ1v) is 35.9. The van der Waals surface area contributed by atoms with Crippen LogP contribution in [0, 0.1) is 5.92 Å². The zero-order valence-electron chi connectivity index (χ0n) is 60.4. The van der Waals surface area contributed by atoms with Crippen molar-refractivity contribution in [3.05, 3.63) is 87.5 Å². The first kappa shape index (κ1) is 80.9. The van der Waals surface area contributed by atoms with Crippen LogP contribution < -0.4 is 31.7 Å². The zero-order chi connectivity index (χ0) is 76.0. The molecule has 2 aliphatic carbocycles. The number of nitrogens with zero attached hydrogens (tertiary/aromatic N) is 4. The van der Waals surface area contributed by atoms with Gasteiger partial charge in [-0.1, -0.05) is 58.4 Å². The number of phenolic OH excluding ortho intramolecular Hbond substituents is 2. The topological polar surface area (TPSA) is 428 Å². The number of carbonyl (C=O) groups excluding carboxylic acids is 9. The summed E-state index contributed by atoms with van der Waals surface area (Å²) in [4.78, 5) is 127. The second kappa shape index (κ2) is 36.3. The number of aromatic hydroxyl groups is 4. The predicted octanol–water partition coefficient (Wildman–Crippen LogP) is 5.85. The number of urea groups is 1. The molecule has 2 aliphatic heterocycles. The molecule has 0 spiro atoms. The molecule has 7 amide bonds. The van der Waals surface area contributed by atoms with E-state index in [4.69, 9.17) is 38.9 Å². The monoisotopic (exact) mass is 1470 g/mol. The van der Waals surface area contributed by atoms with E-state index in [1.807, 2.05) is 11.8 Å². The number of thioether (sulfide) groups is 1. The number of Topliss-reactive ketones (excluding diaryl/α,β-unsaturated/α-hetero) is 1. The number of amides is 7. The molecule has 8 rings (SSSR count). The third-order valence-electron chi connectivity index (χ3n) is 19.5. The van der Waals surface area contributed by atoms with Crippen molar-refractivity contribution in [2.24, 2.45) is 11.7 Å². The number of hydrogen-bond acceptors (Lipinski definition) is 24. The Labute approximate surface area is 607 Å². The third kappa shape index (κ3) is 19.2. The molecule has 12 N–H and O–H groups in total. The second-order valence-electron chi connectivity index (χ2n) is 27.0. The van der Waals surface area contributed by atoms with Crippen molar-refractivity contribution >= 4 is 70.7 Å². The van der Waals surface area contributed by atoms with E-state index in [2.05, 4.69) is 35.1 Å². The number of ether oxygens (including phenoxy) is 7. The van der Waals surface area contributed by atoms with Crippen LogP contribution in [0.25, 0.3) is 0 Å². The minimum Gasteiger partial charge on any atom is -0.507 e. The second-order valence-corrected chi connectivity index (χ2v) is 28.3. The number of unbranched alkanes of at least 4 members (excludes halogenated alkanes) is 2. The third-order valence-corrected chi connectivity index (χ3v) is 21.0. The Morgan fingerprint density at radius 3 is 2.18 bits per heavy atom. The minimum absolute atomic E-state index is 0.00224. The number of likely N-dealkylation sites (N-methyl/N-ethyl adjacent to an activating group) is 2. The molecule has 0 radical (unpaired) electrons. The average molecular weight is 1470 g/mol. The van der Waals surface area contributed by atoms with E-state index in [1.165, 1.54) is 67.7 Å². The fourth-order valence-corrected chi connectivity index (χ4v) is 14.5. The van der Waals surface area contributed by atoms with Gasteiger partial charge in [-0.15, -0.1) is 11.8 Å². The van der Waals surface area contributed by atoms with Gasteiger partial charge in [0.25, 0.3) is 0 Å². The number of aliphatic hydroxyl groups is 2. The van der Waals surface area contributed by atoms with Crippen LogP contribution in [0.15, 0.2) is 53.4 Å². The highest BCUT2D eigenvalue weighted by Gasteiger charge is 2.52. The number of benzene rings is 3. The number of fused-ring (bicyclic) bond motifs is 3. The van der Waals surface area contributed by atoms with E-state index in [0.29, 0.717) is 53.7 Å². The van der Waals surface area contributed by atoms with E-state index in [9.17, 15) is 73.8 Å². The van der Waals surface area contributed by atoms with Crippen molar-refractivity contribution in [1.82, 2.24) is 35.2 Å². The summed E-state index contributed by atoms with van der Waals surface area (Å²) in [5, 5.41) is 80.6. The Bertz CT molecular complexity index is 3760. The first-order valence-electron chi connectivity index (χ1n) is 35.0. The molecule has 1 aromatic heterocycles. The van der Waals surface area contributed by atoms with E-state index in [1.54, 1.807) is 51.1 Å². The number of nitrogens with one attached hydrogen (secondary N) is 4. The van der Waals surface area contributed by atoms with Crippen LogP contribution in [0.4, 0.5) is 20.1 Å². The first-order chi connectivity index (χ1) is 49.4. The summed E-state index contributed by atoms with van der Waals surface area (Å²) in [6.07, 6.45) is -4.64. The molecular formula is C72H99N9O22S. The Morgan fingerprint density at radius 2 is 1.53 bits per heavy atom. The SMILES string of the molecule is CCC(CC)Sc1cc(O)n(CCCCCC(=O)NC(C(=O)NC(CCCNC(N)=O)C(=O)Nc2ccc(COC(=O)N(C)CCN(C)C(=O)OCC(=O)C3(O)Cc4c(O)c5c(c(O)c4C(OC4CC(N6CCOC(OC)C6C)C(O)C(C)O4)C3)C(=O)c3c(OC)cccc3C5=O)cc2)C(C)C)c1O. The number of carbonyl (C=O) groups is 9. The van der Waals surface area contributed by atoms with Crippen LogP contribution in [0.3, 0.4) is 0 Å². The number of morpholine rings is 1. The van der Waals surface area contributed by atoms with Gasteiger partial charge in [0.2, 0.25) is 35.2 Å². The minimum atomic E-state index is -2.53. The number of aliphatic hydroxyl groups excluding tert-OH is 1.